The molecule has 8 rings (SSSR count). The Balaban J connectivity index is 1.11. The van der Waals surface area contributed by atoms with E-state index in [2.05, 4.69) is 20.7 Å². The molecule has 2 aromatic heterocycles. The second-order valence-electron chi connectivity index (χ2n) is 17.6. The SMILES string of the molecule is COc1ccc2c(O[C@H]3CC4C(=O)[C@@H](NC(=O)OC5CCCC5)CCCCC/C=C\[C@@H]5C[C@@]5(C(=O)NS(=O)(=O)C5CC5)NC(=O)[C@@H]4C3)cc(-c3csc(NC(C)C)n3)nc2c1. The van der Waals surface area contributed by atoms with E-state index >= 15 is 0 Å². The molecule has 328 valence electrons. The molecule has 4 N–H and O–H groups in total. The number of allylic oxidation sites excluding steroid dienone is 1. The first-order chi connectivity index (χ1) is 29.3. The van der Waals surface area contributed by atoms with Crippen molar-refractivity contribution in [3.05, 3.63) is 41.8 Å². The molecule has 0 radical (unpaired) electrons. The number of nitrogens with one attached hydrogen (secondary N) is 4. The highest BCUT2D eigenvalue weighted by molar-refractivity contribution is 7.91. The van der Waals surface area contributed by atoms with Crippen molar-refractivity contribution < 1.29 is 41.8 Å². The van der Waals surface area contributed by atoms with Crippen molar-refractivity contribution in [2.75, 3.05) is 12.4 Å². The summed E-state index contributed by atoms with van der Waals surface area (Å²) in [6.07, 6.45) is 10.7. The molecule has 3 amide bonds. The highest BCUT2D eigenvalue weighted by atomic mass is 32.2. The average molecular weight is 877 g/mol. The second kappa shape index (κ2) is 17.9. The van der Waals surface area contributed by atoms with Crippen molar-refractivity contribution in [2.45, 2.75) is 139 Å². The summed E-state index contributed by atoms with van der Waals surface area (Å²) in [6, 6.07) is 6.56. The molecule has 4 saturated carbocycles. The molecule has 3 aromatic rings. The molecule has 1 aromatic carbocycles. The fourth-order valence-electron chi connectivity index (χ4n) is 9.01. The van der Waals surface area contributed by atoms with Gasteiger partial charge in [0.1, 0.15) is 34.9 Å². The van der Waals surface area contributed by atoms with Crippen LogP contribution in [0.2, 0.25) is 0 Å². The fraction of sp³-hybridized carbons (Fsp3) is 0.591. The van der Waals surface area contributed by atoms with Crippen LogP contribution in [0.3, 0.4) is 0 Å². The van der Waals surface area contributed by atoms with Gasteiger partial charge in [0, 0.05) is 40.8 Å². The van der Waals surface area contributed by atoms with Crippen molar-refractivity contribution >= 4 is 61.1 Å². The van der Waals surface area contributed by atoms with Crippen LogP contribution in [-0.2, 0) is 29.1 Å². The number of rotatable bonds is 11. The third kappa shape index (κ3) is 9.82. The number of amides is 3. The quantitative estimate of drug-likeness (QED) is 0.151. The van der Waals surface area contributed by atoms with Crippen LogP contribution in [0.4, 0.5) is 9.93 Å². The molecule has 61 heavy (non-hydrogen) atoms. The van der Waals surface area contributed by atoms with Gasteiger partial charge in [-0.15, -0.1) is 11.3 Å². The Bertz CT molecular complexity index is 2290. The maximum Gasteiger partial charge on any atom is 0.407 e. The van der Waals surface area contributed by atoms with Gasteiger partial charge >= 0.3 is 6.09 Å². The van der Waals surface area contributed by atoms with Crippen LogP contribution in [0.15, 0.2) is 41.8 Å². The Hall–Kier alpha value is -4.77. The number of Topliss-reactive ketones (excluding diaryl/α,β-unsaturated/α-hetero) is 1. The van der Waals surface area contributed by atoms with E-state index in [1.165, 1.54) is 11.3 Å². The van der Waals surface area contributed by atoms with Gasteiger partial charge in [0.25, 0.3) is 5.91 Å². The number of carbonyl (C=O) groups is 4. The third-order valence-corrected chi connectivity index (χ3v) is 15.2. The van der Waals surface area contributed by atoms with Gasteiger partial charge in [-0.2, -0.15) is 0 Å². The van der Waals surface area contributed by atoms with E-state index in [0.29, 0.717) is 65.9 Å². The van der Waals surface area contributed by atoms with E-state index in [4.69, 9.17) is 24.2 Å². The molecule has 0 bridgehead atoms. The number of carbonyl (C=O) groups excluding carboxylic acids is 4. The Labute approximate surface area is 360 Å². The van der Waals surface area contributed by atoms with Crippen LogP contribution in [0.1, 0.15) is 104 Å². The number of alkyl carbamates (subject to hydrolysis) is 1. The lowest BCUT2D eigenvalue weighted by atomic mass is 9.86. The largest absolute Gasteiger partial charge is 0.497 e. The molecular formula is C44H56N6O9S2. The second-order valence-corrected chi connectivity index (χ2v) is 20.4. The summed E-state index contributed by atoms with van der Waals surface area (Å²) >= 11 is 1.46. The van der Waals surface area contributed by atoms with Crippen molar-refractivity contribution in [3.8, 4) is 22.9 Å². The first-order valence-corrected chi connectivity index (χ1v) is 24.2. The van der Waals surface area contributed by atoms with Gasteiger partial charge in [0.15, 0.2) is 10.9 Å². The molecule has 1 unspecified atom stereocenters. The Morgan fingerprint density at radius 2 is 1.70 bits per heavy atom. The van der Waals surface area contributed by atoms with Crippen LogP contribution in [0, 0.1) is 17.8 Å². The minimum Gasteiger partial charge on any atom is -0.497 e. The smallest absolute Gasteiger partial charge is 0.407 e. The normalized spacial score (nSPS) is 27.8. The van der Waals surface area contributed by atoms with Crippen molar-refractivity contribution in [1.29, 1.82) is 0 Å². The number of benzene rings is 1. The van der Waals surface area contributed by atoms with E-state index in [0.717, 1.165) is 43.7 Å². The third-order valence-electron chi connectivity index (χ3n) is 12.6. The molecule has 17 heteroatoms. The predicted octanol–water partition coefficient (Wildman–Crippen LogP) is 6.57. The molecular weight excluding hydrogens is 821 g/mol. The zero-order valence-corrected chi connectivity index (χ0v) is 36.6. The van der Waals surface area contributed by atoms with Crippen molar-refractivity contribution in [3.63, 3.8) is 0 Å². The van der Waals surface area contributed by atoms with Crippen LogP contribution in [0.5, 0.6) is 11.5 Å². The first-order valence-electron chi connectivity index (χ1n) is 21.8. The van der Waals surface area contributed by atoms with Gasteiger partial charge in [0.05, 0.1) is 35.5 Å². The van der Waals surface area contributed by atoms with Gasteiger partial charge in [-0.25, -0.2) is 23.2 Å². The van der Waals surface area contributed by atoms with Crippen LogP contribution in [0.25, 0.3) is 22.3 Å². The number of hydrogen-bond donors (Lipinski definition) is 4. The standard InChI is InChI=1S/C44H56N6O9S2/c1-25(2)45-42-47-37(24-60-42)36-22-38(31-18-15-28(57-3)21-35(31)46-36)58-29-19-32-33(20-29)40(52)49-44(41(53)50-61(55,56)30-16-17-30)23-26(44)11-7-5-4-6-8-14-34(39(32)51)48-43(54)59-27-12-9-10-13-27/h7,11,15,18,21-22,24-27,29-30,32-34H,4-6,8-10,12-14,16-17,19-20,23H2,1-3H3,(H,45,47)(H,48,54)(H,49,52)(H,50,53)/b11-7-/t26-,29+,32?,33-,34+,44-/m1/s1. The number of ketones is 1. The fourth-order valence-corrected chi connectivity index (χ4v) is 11.2. The highest BCUT2D eigenvalue weighted by Crippen LogP contribution is 2.47. The summed E-state index contributed by atoms with van der Waals surface area (Å²) in [5.41, 5.74) is 0.326. The Morgan fingerprint density at radius 3 is 2.46 bits per heavy atom. The zero-order valence-electron chi connectivity index (χ0n) is 34.9. The van der Waals surface area contributed by atoms with Crippen LogP contribution in [-0.4, -0.2) is 84.3 Å². The van der Waals surface area contributed by atoms with E-state index in [1.807, 2.05) is 55.6 Å². The molecule has 1 aliphatic heterocycles. The summed E-state index contributed by atoms with van der Waals surface area (Å²) in [5.74, 6) is -2.80. The highest BCUT2D eigenvalue weighted by Gasteiger charge is 2.62. The Kier molecular flexibility index (Phi) is 12.6. The summed E-state index contributed by atoms with van der Waals surface area (Å²) in [6.45, 7) is 4.07. The van der Waals surface area contributed by atoms with Gasteiger partial charge in [-0.1, -0.05) is 25.0 Å². The zero-order chi connectivity index (χ0) is 42.9. The molecule has 0 saturated heterocycles. The number of thiazole rings is 1. The Morgan fingerprint density at radius 1 is 0.934 bits per heavy atom. The number of nitrogens with zero attached hydrogens (tertiary/aromatic N) is 2. The van der Waals surface area contributed by atoms with Crippen LogP contribution >= 0.6 is 11.3 Å². The van der Waals surface area contributed by atoms with E-state index in [-0.39, 0.29) is 37.2 Å². The van der Waals surface area contributed by atoms with E-state index < -0.39 is 68.6 Å². The summed E-state index contributed by atoms with van der Waals surface area (Å²) in [5, 5.41) is 11.9. The number of anilines is 1. The first kappa shape index (κ1) is 42.9. The maximum absolute atomic E-state index is 14.8. The molecule has 3 heterocycles. The maximum atomic E-state index is 14.8. The summed E-state index contributed by atoms with van der Waals surface area (Å²) in [7, 11) is -2.32. The lowest BCUT2D eigenvalue weighted by Gasteiger charge is -2.26. The summed E-state index contributed by atoms with van der Waals surface area (Å²) in [4.78, 5) is 66.4. The topological polar surface area (TPSA) is 204 Å². The number of sulfonamides is 1. The number of aromatic nitrogens is 2. The van der Waals surface area contributed by atoms with Gasteiger partial charge in [0.2, 0.25) is 15.9 Å². The van der Waals surface area contributed by atoms with Gasteiger partial charge in [-0.05, 0) is 103 Å². The lowest BCUT2D eigenvalue weighted by Crippen LogP contribution is -2.54. The molecule has 0 spiro atoms. The summed E-state index contributed by atoms with van der Waals surface area (Å²) < 4.78 is 46.3. The van der Waals surface area contributed by atoms with Gasteiger partial charge < -0.3 is 30.2 Å². The molecule has 5 aliphatic rings. The van der Waals surface area contributed by atoms with Crippen LogP contribution < -0.4 is 30.1 Å². The number of pyridine rings is 1. The number of hydrogen-bond acceptors (Lipinski definition) is 13. The van der Waals surface area contributed by atoms with Crippen molar-refractivity contribution in [1.82, 2.24) is 25.3 Å². The number of methoxy groups -OCH3 is 1. The molecule has 4 fully saturated rings. The number of ether oxygens (including phenoxy) is 3. The molecule has 4 aliphatic carbocycles. The average Bonchev–Trinajstić information content (AvgIpc) is 4.00. The predicted molar refractivity (Wildman–Crippen MR) is 231 cm³/mol. The van der Waals surface area contributed by atoms with Crippen molar-refractivity contribution in [2.24, 2.45) is 17.8 Å². The lowest BCUT2D eigenvalue weighted by molar-refractivity contribution is -0.136. The van der Waals surface area contributed by atoms with E-state index in [9.17, 15) is 27.6 Å². The minimum absolute atomic E-state index is 0.120. The van der Waals surface area contributed by atoms with E-state index in [1.54, 1.807) is 7.11 Å². The van der Waals surface area contributed by atoms with Gasteiger partial charge in [-0.3, -0.25) is 19.1 Å². The number of fused-ring (bicyclic) bond motifs is 3. The molecule has 15 nitrogen and oxygen atoms in total. The molecule has 6 atom stereocenters. The minimum atomic E-state index is -3.90. The monoisotopic (exact) mass is 876 g/mol.